The van der Waals surface area contributed by atoms with Gasteiger partial charge in [0.15, 0.2) is 0 Å². The van der Waals surface area contributed by atoms with Crippen LogP contribution < -0.4 is 10.2 Å². The van der Waals surface area contributed by atoms with E-state index in [-0.39, 0.29) is 6.42 Å². The number of rotatable bonds is 3. The molecule has 116 valence electrons. The summed E-state index contributed by atoms with van der Waals surface area (Å²) in [4.78, 5) is 36.0. The molecule has 1 heterocycles. The number of nitrogens with zero attached hydrogens (tertiary/aromatic N) is 1. The van der Waals surface area contributed by atoms with Gasteiger partial charge in [-0.3, -0.25) is 14.9 Å². The van der Waals surface area contributed by atoms with E-state index in [2.05, 4.69) is 5.32 Å². The maximum Gasteiger partial charge on any atom is 0.335 e. The minimum absolute atomic E-state index is 0.329. The molecule has 1 N–H and O–H groups in total. The molecular formula is C17H13ClN2O3. The molecule has 0 saturated carbocycles. The fourth-order valence-electron chi connectivity index (χ4n) is 2.50. The Hall–Kier alpha value is -2.66. The molecule has 23 heavy (non-hydrogen) atoms. The van der Waals surface area contributed by atoms with Crippen molar-refractivity contribution in [3.8, 4) is 0 Å². The normalized spacial score (nSPS) is 14.8. The summed E-state index contributed by atoms with van der Waals surface area (Å²) in [5.74, 6) is -1.11. The van der Waals surface area contributed by atoms with Gasteiger partial charge in [-0.1, -0.05) is 35.9 Å². The maximum absolute atomic E-state index is 12.0. The van der Waals surface area contributed by atoms with E-state index in [9.17, 15) is 14.4 Å². The smallest absolute Gasteiger partial charge is 0.277 e. The quantitative estimate of drug-likeness (QED) is 0.881. The molecule has 5 nitrogen and oxygen atoms in total. The minimum atomic E-state index is -0.717. The van der Waals surface area contributed by atoms with Crippen LogP contribution in [0, 0.1) is 0 Å². The van der Waals surface area contributed by atoms with Crippen LogP contribution in [0.25, 0.3) is 0 Å². The Morgan fingerprint density at radius 3 is 2.39 bits per heavy atom. The predicted octanol–water partition coefficient (Wildman–Crippen LogP) is 2.90. The van der Waals surface area contributed by atoms with Gasteiger partial charge >= 0.3 is 6.03 Å². The van der Waals surface area contributed by atoms with E-state index in [0.29, 0.717) is 17.1 Å². The van der Waals surface area contributed by atoms with Crippen molar-refractivity contribution in [1.82, 2.24) is 5.32 Å². The number of carbonyl (C=O) groups excluding carboxylic acids is 3. The molecular weight excluding hydrogens is 316 g/mol. The summed E-state index contributed by atoms with van der Waals surface area (Å²) in [7, 11) is 0. The van der Waals surface area contributed by atoms with Gasteiger partial charge in [0.05, 0.1) is 5.69 Å². The Bertz CT molecular complexity index is 784. The van der Waals surface area contributed by atoms with Crippen LogP contribution in [-0.2, 0) is 16.0 Å². The summed E-state index contributed by atoms with van der Waals surface area (Å²) < 4.78 is 0. The molecule has 0 atom stereocenters. The van der Waals surface area contributed by atoms with Crippen molar-refractivity contribution in [3.63, 3.8) is 0 Å². The topological polar surface area (TPSA) is 66.5 Å². The Labute approximate surface area is 137 Å². The maximum atomic E-state index is 12.0. The number of hydrogen-bond donors (Lipinski definition) is 1. The lowest BCUT2D eigenvalue weighted by Gasteiger charge is -2.25. The molecule has 6 heteroatoms. The SMILES string of the molecule is O=C1CC(=O)N(c2cccc(Cc3cccc(Cl)c3)c2)C(=O)N1. The Morgan fingerprint density at radius 1 is 1.00 bits per heavy atom. The second kappa shape index (κ2) is 6.22. The molecule has 0 unspecified atom stereocenters. The highest BCUT2D eigenvalue weighted by Gasteiger charge is 2.31. The van der Waals surface area contributed by atoms with E-state index in [1.807, 2.05) is 24.3 Å². The molecule has 0 bridgehead atoms. The molecule has 2 aromatic carbocycles. The molecule has 0 radical (unpaired) electrons. The van der Waals surface area contributed by atoms with Gasteiger partial charge in [-0.05, 0) is 41.8 Å². The van der Waals surface area contributed by atoms with Crippen LogP contribution in [0.2, 0.25) is 5.02 Å². The third kappa shape index (κ3) is 3.40. The third-order valence-electron chi connectivity index (χ3n) is 3.48. The summed E-state index contributed by atoms with van der Waals surface area (Å²) in [5, 5.41) is 2.80. The summed E-state index contributed by atoms with van der Waals surface area (Å²) in [6.07, 6.45) is 0.293. The first kappa shape index (κ1) is 15.2. The lowest BCUT2D eigenvalue weighted by atomic mass is 10.0. The molecule has 0 aromatic heterocycles. The number of barbiturate groups is 1. The van der Waals surface area contributed by atoms with Crippen LogP contribution >= 0.6 is 11.6 Å². The van der Waals surface area contributed by atoms with Gasteiger partial charge < -0.3 is 0 Å². The number of nitrogens with one attached hydrogen (secondary N) is 1. The lowest BCUT2D eigenvalue weighted by molar-refractivity contribution is -0.128. The van der Waals surface area contributed by atoms with Crippen LogP contribution in [-0.4, -0.2) is 17.8 Å². The highest BCUT2D eigenvalue weighted by Crippen LogP contribution is 2.22. The van der Waals surface area contributed by atoms with Gasteiger partial charge in [0.25, 0.3) is 0 Å². The molecule has 1 aliphatic heterocycles. The molecule has 1 saturated heterocycles. The molecule has 1 fully saturated rings. The largest absolute Gasteiger partial charge is 0.335 e. The van der Waals surface area contributed by atoms with Crippen LogP contribution in [0.15, 0.2) is 48.5 Å². The van der Waals surface area contributed by atoms with E-state index in [4.69, 9.17) is 11.6 Å². The van der Waals surface area contributed by atoms with Gasteiger partial charge in [0.2, 0.25) is 11.8 Å². The summed E-state index contributed by atoms with van der Waals surface area (Å²) in [6.45, 7) is 0. The third-order valence-corrected chi connectivity index (χ3v) is 3.71. The van der Waals surface area contributed by atoms with Crippen LogP contribution in [0.5, 0.6) is 0 Å². The van der Waals surface area contributed by atoms with Gasteiger partial charge in [-0.2, -0.15) is 0 Å². The predicted molar refractivity (Wildman–Crippen MR) is 86.3 cm³/mol. The second-order valence-corrected chi connectivity index (χ2v) is 5.67. The van der Waals surface area contributed by atoms with E-state index >= 15 is 0 Å². The first-order chi connectivity index (χ1) is 11.0. The van der Waals surface area contributed by atoms with Gasteiger partial charge in [-0.25, -0.2) is 9.69 Å². The van der Waals surface area contributed by atoms with Crippen molar-refractivity contribution in [2.75, 3.05) is 4.90 Å². The number of carbonyl (C=O) groups is 3. The van der Waals surface area contributed by atoms with E-state index in [1.165, 1.54) is 0 Å². The van der Waals surface area contributed by atoms with Crippen molar-refractivity contribution in [2.45, 2.75) is 12.8 Å². The molecule has 3 rings (SSSR count). The number of anilines is 1. The number of hydrogen-bond acceptors (Lipinski definition) is 3. The fourth-order valence-corrected chi connectivity index (χ4v) is 2.71. The molecule has 0 aliphatic carbocycles. The van der Waals surface area contributed by atoms with Gasteiger partial charge in [0, 0.05) is 5.02 Å². The molecule has 1 aliphatic rings. The Morgan fingerprint density at radius 2 is 1.70 bits per heavy atom. The van der Waals surface area contributed by atoms with Crippen LogP contribution in [0.3, 0.4) is 0 Å². The average molecular weight is 329 g/mol. The summed E-state index contributed by atoms with van der Waals surface area (Å²) in [6, 6.07) is 13.9. The number of imide groups is 2. The zero-order valence-electron chi connectivity index (χ0n) is 12.1. The van der Waals surface area contributed by atoms with E-state index in [1.54, 1.807) is 24.3 Å². The molecule has 0 spiro atoms. The fraction of sp³-hybridized carbons (Fsp3) is 0.118. The zero-order valence-corrected chi connectivity index (χ0v) is 12.8. The lowest BCUT2D eigenvalue weighted by Crippen LogP contribution is -2.52. The first-order valence-corrected chi connectivity index (χ1v) is 7.41. The average Bonchev–Trinajstić information content (AvgIpc) is 2.46. The highest BCUT2D eigenvalue weighted by molar-refractivity contribution is 6.30. The van der Waals surface area contributed by atoms with Crippen LogP contribution in [0.4, 0.5) is 10.5 Å². The number of halogens is 1. The van der Waals surface area contributed by atoms with Crippen molar-refractivity contribution in [1.29, 1.82) is 0 Å². The summed E-state index contributed by atoms with van der Waals surface area (Å²) in [5.41, 5.74) is 2.40. The van der Waals surface area contributed by atoms with Gasteiger partial charge in [0.1, 0.15) is 6.42 Å². The Kier molecular flexibility index (Phi) is 4.12. The molecule has 2 aromatic rings. The van der Waals surface area contributed by atoms with Crippen LogP contribution in [0.1, 0.15) is 17.5 Å². The van der Waals surface area contributed by atoms with E-state index < -0.39 is 17.8 Å². The van der Waals surface area contributed by atoms with Crippen molar-refractivity contribution in [2.24, 2.45) is 0 Å². The van der Waals surface area contributed by atoms with Crippen molar-refractivity contribution >= 4 is 35.1 Å². The number of urea groups is 1. The standard InChI is InChI=1S/C17H13ClN2O3/c18-13-5-1-3-11(8-13)7-12-4-2-6-14(9-12)20-16(22)10-15(21)19-17(20)23/h1-6,8-9H,7,10H2,(H,19,21,23). The Balaban J connectivity index is 1.86. The number of amides is 4. The van der Waals surface area contributed by atoms with Gasteiger partial charge in [-0.15, -0.1) is 0 Å². The highest BCUT2D eigenvalue weighted by atomic mass is 35.5. The second-order valence-electron chi connectivity index (χ2n) is 5.24. The summed E-state index contributed by atoms with van der Waals surface area (Å²) >= 11 is 5.98. The first-order valence-electron chi connectivity index (χ1n) is 7.03. The molecule has 4 amide bonds. The minimum Gasteiger partial charge on any atom is -0.277 e. The van der Waals surface area contributed by atoms with Crippen molar-refractivity contribution in [3.05, 3.63) is 64.7 Å². The van der Waals surface area contributed by atoms with E-state index in [0.717, 1.165) is 16.0 Å². The number of benzene rings is 2. The van der Waals surface area contributed by atoms with Crippen molar-refractivity contribution < 1.29 is 14.4 Å². The monoisotopic (exact) mass is 328 g/mol. The zero-order chi connectivity index (χ0) is 16.4.